The topological polar surface area (TPSA) is 98.6 Å². The lowest BCUT2D eigenvalue weighted by Gasteiger charge is -2.24. The Morgan fingerprint density at radius 2 is 1.91 bits per heavy atom. The molecule has 0 radical (unpaired) electrons. The normalized spacial score (nSPS) is 15.7. The number of rotatable bonds is 4. The van der Waals surface area contributed by atoms with E-state index in [1.165, 1.54) is 12.1 Å². The Labute approximate surface area is 181 Å². The fraction of sp³-hybridized carbons (Fsp3) is 0.227. The third-order valence-electron chi connectivity index (χ3n) is 5.23. The molecule has 0 bridgehead atoms. The van der Waals surface area contributed by atoms with Crippen molar-refractivity contribution in [2.45, 2.75) is 31.5 Å². The van der Waals surface area contributed by atoms with E-state index in [1.54, 1.807) is 0 Å². The molecule has 3 aromatic rings. The van der Waals surface area contributed by atoms with Crippen molar-refractivity contribution >= 4 is 29.1 Å². The quantitative estimate of drug-likeness (QED) is 0.529. The number of hydrogen-bond acceptors (Lipinski definition) is 5. The maximum absolute atomic E-state index is 13.1. The van der Waals surface area contributed by atoms with Gasteiger partial charge in [-0.15, -0.1) is 0 Å². The summed E-state index contributed by atoms with van der Waals surface area (Å²) in [7, 11) is 0. The number of aromatic nitrogens is 2. The summed E-state index contributed by atoms with van der Waals surface area (Å²) in [6.45, 7) is 0. The first-order chi connectivity index (χ1) is 15.2. The molecule has 32 heavy (non-hydrogen) atoms. The number of aliphatic hydroxyl groups is 1. The lowest BCUT2D eigenvalue weighted by molar-refractivity contribution is -0.137. The second-order valence-corrected chi connectivity index (χ2v) is 7.39. The highest BCUT2D eigenvalue weighted by Crippen LogP contribution is 2.34. The summed E-state index contributed by atoms with van der Waals surface area (Å²) in [4.78, 5) is 20.6. The van der Waals surface area contributed by atoms with Crippen molar-refractivity contribution in [1.29, 1.82) is 0 Å². The molecule has 1 aliphatic carbocycles. The van der Waals surface area contributed by atoms with Gasteiger partial charge in [0.05, 0.1) is 17.4 Å². The molecule has 1 heterocycles. The van der Waals surface area contributed by atoms with Crippen molar-refractivity contribution in [3.8, 4) is 0 Å². The zero-order chi connectivity index (χ0) is 22.9. The summed E-state index contributed by atoms with van der Waals surface area (Å²) in [5.74, 6) is 0.154. The van der Waals surface area contributed by atoms with E-state index >= 15 is 0 Å². The highest BCUT2D eigenvalue weighted by Gasteiger charge is 2.32. The number of nitrogens with one attached hydrogen (secondary N) is 1. The molecule has 0 saturated carbocycles. The molecular formula is C22H19F3N4O3. The summed E-state index contributed by atoms with van der Waals surface area (Å²) in [5, 5.41) is 22.8. The van der Waals surface area contributed by atoms with Gasteiger partial charge in [0.15, 0.2) is 0 Å². The van der Waals surface area contributed by atoms with E-state index in [0.29, 0.717) is 23.4 Å². The van der Waals surface area contributed by atoms with E-state index in [-0.39, 0.29) is 17.3 Å². The minimum absolute atomic E-state index is 0.112. The predicted octanol–water partition coefficient (Wildman–Crippen LogP) is 4.90. The molecule has 1 unspecified atom stereocenters. The Kier molecular flexibility index (Phi) is 5.70. The van der Waals surface area contributed by atoms with Crippen molar-refractivity contribution in [3.63, 3.8) is 0 Å². The molecule has 1 aromatic heterocycles. The van der Waals surface area contributed by atoms with E-state index in [2.05, 4.69) is 15.3 Å². The van der Waals surface area contributed by atoms with Gasteiger partial charge in [-0.05, 0) is 48.2 Å². The lowest BCUT2D eigenvalue weighted by Crippen LogP contribution is -2.25. The van der Waals surface area contributed by atoms with Crippen LogP contribution >= 0.6 is 0 Å². The van der Waals surface area contributed by atoms with Crippen molar-refractivity contribution in [3.05, 3.63) is 71.5 Å². The second-order valence-electron chi connectivity index (χ2n) is 7.39. The molecule has 0 saturated heterocycles. The van der Waals surface area contributed by atoms with Crippen LogP contribution in [0.5, 0.6) is 0 Å². The third kappa shape index (κ3) is 4.50. The van der Waals surface area contributed by atoms with Gasteiger partial charge in [-0.25, -0.2) is 19.7 Å². The molecule has 1 amide bonds. The highest BCUT2D eigenvalue weighted by atomic mass is 19.4. The monoisotopic (exact) mass is 444 g/mol. The first-order valence-corrected chi connectivity index (χ1v) is 9.80. The van der Waals surface area contributed by atoms with Gasteiger partial charge in [0.25, 0.3) is 0 Å². The number of benzene rings is 2. The number of halogens is 3. The largest absolute Gasteiger partial charge is 0.464 e. The van der Waals surface area contributed by atoms with Gasteiger partial charge >= 0.3 is 12.3 Å². The molecule has 0 aliphatic heterocycles. The van der Waals surface area contributed by atoms with Gasteiger partial charge in [-0.3, -0.25) is 0 Å². The van der Waals surface area contributed by atoms with Crippen LogP contribution in [-0.4, -0.2) is 32.4 Å². The standard InChI is InChI=1S/C22H19F3N4O3/c23-22(24,25)14-4-2-5-15(9-14)29(21(31)32)20-11-19(26-12-27-20)28-18-6-1-3-13-7-8-16(30)10-17(13)18/h1-6,9,11-12,16,30H,7-8,10H2,(H,31,32)(H,26,27,28). The van der Waals surface area contributed by atoms with Gasteiger partial charge in [0.1, 0.15) is 18.0 Å². The molecule has 0 fully saturated rings. The van der Waals surface area contributed by atoms with Crippen molar-refractivity contribution < 1.29 is 28.2 Å². The third-order valence-corrected chi connectivity index (χ3v) is 5.23. The fourth-order valence-corrected chi connectivity index (χ4v) is 3.72. The van der Waals surface area contributed by atoms with Crippen LogP contribution in [0.4, 0.5) is 41.0 Å². The lowest BCUT2D eigenvalue weighted by atomic mass is 9.88. The average Bonchev–Trinajstić information content (AvgIpc) is 2.74. The van der Waals surface area contributed by atoms with E-state index in [0.717, 1.165) is 42.1 Å². The van der Waals surface area contributed by atoms with Crippen molar-refractivity contribution in [2.24, 2.45) is 0 Å². The molecule has 0 spiro atoms. The van der Waals surface area contributed by atoms with Crippen LogP contribution < -0.4 is 10.2 Å². The number of carboxylic acid groups (broad SMARTS) is 1. The minimum Gasteiger partial charge on any atom is -0.464 e. The Bertz CT molecular complexity index is 1150. The van der Waals surface area contributed by atoms with Gasteiger partial charge in [0.2, 0.25) is 0 Å². The summed E-state index contributed by atoms with van der Waals surface area (Å²) < 4.78 is 39.3. The van der Waals surface area contributed by atoms with Crippen molar-refractivity contribution in [1.82, 2.24) is 9.97 Å². The summed E-state index contributed by atoms with van der Waals surface area (Å²) >= 11 is 0. The smallest absolute Gasteiger partial charge is 0.417 e. The minimum atomic E-state index is -4.62. The van der Waals surface area contributed by atoms with Crippen LogP contribution in [0.1, 0.15) is 23.1 Å². The molecule has 10 heteroatoms. The average molecular weight is 444 g/mol. The van der Waals surface area contributed by atoms with Crippen LogP contribution in [0.25, 0.3) is 0 Å². The first-order valence-electron chi connectivity index (χ1n) is 9.80. The van der Waals surface area contributed by atoms with Crippen LogP contribution in [0, 0.1) is 0 Å². The zero-order valence-electron chi connectivity index (χ0n) is 16.7. The number of amides is 1. The summed E-state index contributed by atoms with van der Waals surface area (Å²) in [5.41, 5.74) is 1.59. The number of alkyl halides is 3. The van der Waals surface area contributed by atoms with E-state index in [4.69, 9.17) is 0 Å². The number of anilines is 4. The fourth-order valence-electron chi connectivity index (χ4n) is 3.72. The first kappa shape index (κ1) is 21.6. The molecule has 3 N–H and O–H groups in total. The maximum Gasteiger partial charge on any atom is 0.417 e. The van der Waals surface area contributed by atoms with Gasteiger partial charge < -0.3 is 15.5 Å². The number of carbonyl (C=O) groups is 1. The molecule has 7 nitrogen and oxygen atoms in total. The Balaban J connectivity index is 1.67. The SMILES string of the molecule is O=C(O)N(c1cccc(C(F)(F)F)c1)c1cc(Nc2cccc3c2CC(O)CC3)ncn1. The molecular weight excluding hydrogens is 425 g/mol. The highest BCUT2D eigenvalue weighted by molar-refractivity contribution is 5.94. The summed E-state index contributed by atoms with van der Waals surface area (Å²) in [6, 6.07) is 11.0. The van der Waals surface area contributed by atoms with Crippen molar-refractivity contribution in [2.75, 3.05) is 10.2 Å². The Morgan fingerprint density at radius 1 is 1.12 bits per heavy atom. The second kappa shape index (κ2) is 8.46. The molecule has 4 rings (SSSR count). The Hall–Kier alpha value is -3.66. The number of fused-ring (bicyclic) bond motifs is 1. The van der Waals surface area contributed by atoms with Crippen LogP contribution in [0.3, 0.4) is 0 Å². The molecule has 1 aliphatic rings. The number of hydrogen-bond donors (Lipinski definition) is 3. The Morgan fingerprint density at radius 3 is 2.66 bits per heavy atom. The number of aryl methyl sites for hydroxylation is 1. The van der Waals surface area contributed by atoms with Gasteiger partial charge in [0, 0.05) is 18.2 Å². The van der Waals surface area contributed by atoms with Crippen LogP contribution in [0.2, 0.25) is 0 Å². The van der Waals surface area contributed by atoms with E-state index in [9.17, 15) is 28.2 Å². The van der Waals surface area contributed by atoms with Gasteiger partial charge in [-0.1, -0.05) is 18.2 Å². The molecule has 2 aromatic carbocycles. The maximum atomic E-state index is 13.1. The predicted molar refractivity (Wildman–Crippen MR) is 111 cm³/mol. The van der Waals surface area contributed by atoms with Gasteiger partial charge in [-0.2, -0.15) is 13.2 Å². The van der Waals surface area contributed by atoms with E-state index < -0.39 is 23.9 Å². The van der Waals surface area contributed by atoms with Crippen LogP contribution in [0.15, 0.2) is 54.9 Å². The number of aliphatic hydroxyl groups excluding tert-OH is 1. The summed E-state index contributed by atoms with van der Waals surface area (Å²) in [6.07, 6.45) is -3.53. The zero-order valence-corrected chi connectivity index (χ0v) is 16.7. The van der Waals surface area contributed by atoms with E-state index in [1.807, 2.05) is 18.2 Å². The number of nitrogens with zero attached hydrogens (tertiary/aromatic N) is 3. The molecule has 166 valence electrons. The molecule has 1 atom stereocenters. The van der Waals surface area contributed by atoms with Crippen LogP contribution in [-0.2, 0) is 19.0 Å².